The Hall–Kier alpha value is -2.68. The van der Waals surface area contributed by atoms with Crippen LogP contribution in [0.5, 0.6) is 5.75 Å². The van der Waals surface area contributed by atoms with Gasteiger partial charge in [0.15, 0.2) is 0 Å². The highest BCUT2D eigenvalue weighted by atomic mass is 35.5. The predicted molar refractivity (Wildman–Crippen MR) is 138 cm³/mol. The van der Waals surface area contributed by atoms with E-state index in [9.17, 15) is 14.0 Å². The lowest BCUT2D eigenvalue weighted by Gasteiger charge is -2.31. The summed E-state index contributed by atoms with van der Waals surface area (Å²) in [5, 5.41) is 0.634. The number of nitrogens with zero attached hydrogens (tertiary/aromatic N) is 3. The summed E-state index contributed by atoms with van der Waals surface area (Å²) < 4.78 is 24.3. The average molecular weight is 530 g/mol. The standard InChI is InChI=1S/C28H33ClFN3O4/c1-31(28(35)37-24-8-6-22(30)7-9-24)26-18-33(17-25(26)19-2-4-21(29)5-3-19)27(34)20-10-13-32(16-20)23-11-14-36-15-12-23/h2-9,20,23,25-26H,10-18H2,1H3/t20?,25-,26+/m0/s1. The van der Waals surface area contributed by atoms with Crippen molar-refractivity contribution in [2.75, 3.05) is 46.4 Å². The molecule has 0 bridgehead atoms. The molecule has 3 saturated heterocycles. The minimum absolute atomic E-state index is 0.0380. The van der Waals surface area contributed by atoms with Gasteiger partial charge in [-0.15, -0.1) is 0 Å². The molecule has 0 aromatic heterocycles. The van der Waals surface area contributed by atoms with E-state index in [2.05, 4.69) is 4.90 Å². The maximum atomic E-state index is 13.7. The first-order valence-electron chi connectivity index (χ1n) is 13.0. The molecule has 0 radical (unpaired) electrons. The van der Waals surface area contributed by atoms with Crippen molar-refractivity contribution in [2.45, 2.75) is 37.3 Å². The van der Waals surface area contributed by atoms with E-state index >= 15 is 0 Å². The third-order valence-electron chi connectivity index (χ3n) is 7.98. The van der Waals surface area contributed by atoms with Crippen molar-refractivity contribution in [3.05, 3.63) is 64.9 Å². The Balaban J connectivity index is 1.29. The van der Waals surface area contributed by atoms with Crippen molar-refractivity contribution in [3.8, 4) is 5.75 Å². The molecule has 0 spiro atoms. The Morgan fingerprint density at radius 3 is 2.41 bits per heavy atom. The van der Waals surface area contributed by atoms with Crippen LogP contribution in [0.2, 0.25) is 5.02 Å². The summed E-state index contributed by atoms with van der Waals surface area (Å²) in [6, 6.07) is 13.1. The fourth-order valence-electron chi connectivity index (χ4n) is 5.84. The Kier molecular flexibility index (Phi) is 7.98. The number of amides is 2. The first kappa shape index (κ1) is 25.9. The Morgan fingerprint density at radius 1 is 1.00 bits per heavy atom. The van der Waals surface area contributed by atoms with Crippen LogP contribution in [0.25, 0.3) is 0 Å². The highest BCUT2D eigenvalue weighted by Crippen LogP contribution is 2.34. The number of hydrogen-bond donors (Lipinski definition) is 0. The zero-order valence-electron chi connectivity index (χ0n) is 21.0. The summed E-state index contributed by atoms with van der Waals surface area (Å²) in [7, 11) is 1.69. The fraction of sp³-hybridized carbons (Fsp3) is 0.500. The molecule has 3 atom stereocenters. The highest BCUT2D eigenvalue weighted by molar-refractivity contribution is 6.30. The third-order valence-corrected chi connectivity index (χ3v) is 8.23. The second-order valence-electron chi connectivity index (χ2n) is 10.2. The molecular formula is C28H33ClFN3O4. The minimum Gasteiger partial charge on any atom is -0.410 e. The molecule has 0 aliphatic carbocycles. The molecule has 3 aliphatic rings. The van der Waals surface area contributed by atoms with Gasteiger partial charge in [-0.3, -0.25) is 9.69 Å². The molecule has 0 saturated carbocycles. The smallest absolute Gasteiger partial charge is 0.410 e. The molecular weight excluding hydrogens is 497 g/mol. The second kappa shape index (κ2) is 11.4. The molecule has 1 unspecified atom stereocenters. The van der Waals surface area contributed by atoms with E-state index in [1.54, 1.807) is 11.9 Å². The van der Waals surface area contributed by atoms with Gasteiger partial charge < -0.3 is 19.3 Å². The molecule has 3 aliphatic heterocycles. The first-order chi connectivity index (χ1) is 17.9. The van der Waals surface area contributed by atoms with Crippen LogP contribution in [0.3, 0.4) is 0 Å². The highest BCUT2D eigenvalue weighted by Gasteiger charge is 2.43. The molecule has 3 fully saturated rings. The van der Waals surface area contributed by atoms with Gasteiger partial charge >= 0.3 is 6.09 Å². The molecule has 5 rings (SSSR count). The van der Waals surface area contributed by atoms with E-state index < -0.39 is 11.9 Å². The molecule has 0 N–H and O–H groups in total. The maximum Gasteiger partial charge on any atom is 0.415 e. The van der Waals surface area contributed by atoms with Gasteiger partial charge in [-0.2, -0.15) is 0 Å². The lowest BCUT2D eigenvalue weighted by Crippen LogP contribution is -2.44. The number of benzene rings is 2. The molecule has 2 aromatic rings. The van der Waals surface area contributed by atoms with Gasteiger partial charge in [0.05, 0.1) is 12.0 Å². The number of carbonyl (C=O) groups is 2. The zero-order valence-corrected chi connectivity index (χ0v) is 21.8. The summed E-state index contributed by atoms with van der Waals surface area (Å²) in [5.74, 6) is -0.102. The van der Waals surface area contributed by atoms with E-state index in [0.717, 1.165) is 51.1 Å². The van der Waals surface area contributed by atoms with Gasteiger partial charge in [-0.25, -0.2) is 9.18 Å². The van der Waals surface area contributed by atoms with E-state index in [1.165, 1.54) is 24.3 Å². The Morgan fingerprint density at radius 2 is 1.70 bits per heavy atom. The summed E-state index contributed by atoms with van der Waals surface area (Å²) in [5.41, 5.74) is 1.02. The van der Waals surface area contributed by atoms with Crippen LogP contribution in [0.15, 0.2) is 48.5 Å². The predicted octanol–water partition coefficient (Wildman–Crippen LogP) is 4.41. The second-order valence-corrected chi connectivity index (χ2v) is 10.7. The van der Waals surface area contributed by atoms with Crippen LogP contribution < -0.4 is 4.74 Å². The maximum absolute atomic E-state index is 13.7. The van der Waals surface area contributed by atoms with E-state index in [4.69, 9.17) is 21.1 Å². The van der Waals surface area contributed by atoms with Crippen molar-refractivity contribution in [3.63, 3.8) is 0 Å². The van der Waals surface area contributed by atoms with Crippen molar-refractivity contribution in [1.29, 1.82) is 0 Å². The number of hydrogen-bond acceptors (Lipinski definition) is 5. The van der Waals surface area contributed by atoms with Crippen LogP contribution in [0.4, 0.5) is 9.18 Å². The lowest BCUT2D eigenvalue weighted by molar-refractivity contribution is -0.134. The van der Waals surface area contributed by atoms with Crippen LogP contribution >= 0.6 is 11.6 Å². The molecule has 198 valence electrons. The lowest BCUT2D eigenvalue weighted by atomic mass is 9.93. The van der Waals surface area contributed by atoms with E-state index in [1.807, 2.05) is 29.2 Å². The zero-order chi connectivity index (χ0) is 25.9. The van der Waals surface area contributed by atoms with Gasteiger partial charge in [0.2, 0.25) is 5.91 Å². The number of carbonyl (C=O) groups excluding carboxylic acids is 2. The number of rotatable bonds is 5. The fourth-order valence-corrected chi connectivity index (χ4v) is 5.96. The van der Waals surface area contributed by atoms with Crippen molar-refractivity contribution in [2.24, 2.45) is 5.92 Å². The van der Waals surface area contributed by atoms with Gasteiger partial charge in [0.1, 0.15) is 11.6 Å². The molecule has 37 heavy (non-hydrogen) atoms. The summed E-state index contributed by atoms with van der Waals surface area (Å²) >= 11 is 6.12. The molecule has 7 nitrogen and oxygen atoms in total. The first-order valence-corrected chi connectivity index (χ1v) is 13.3. The molecule has 2 aromatic carbocycles. The summed E-state index contributed by atoms with van der Waals surface area (Å²) in [6.07, 6.45) is 2.35. The molecule has 2 amide bonds. The summed E-state index contributed by atoms with van der Waals surface area (Å²) in [6.45, 7) is 4.23. The quantitative estimate of drug-likeness (QED) is 0.574. The molecule has 9 heteroatoms. The third kappa shape index (κ3) is 5.92. The normalized spacial score (nSPS) is 24.8. The van der Waals surface area contributed by atoms with Gasteiger partial charge in [0.25, 0.3) is 0 Å². The van der Waals surface area contributed by atoms with Crippen LogP contribution in [0.1, 0.15) is 30.7 Å². The summed E-state index contributed by atoms with van der Waals surface area (Å²) in [4.78, 5) is 32.6. The van der Waals surface area contributed by atoms with Gasteiger partial charge in [-0.05, 0) is 67.8 Å². The van der Waals surface area contributed by atoms with Crippen LogP contribution in [-0.2, 0) is 9.53 Å². The van der Waals surface area contributed by atoms with Crippen molar-refractivity contribution in [1.82, 2.24) is 14.7 Å². The van der Waals surface area contributed by atoms with Gasteiger partial charge in [-0.1, -0.05) is 23.7 Å². The van der Waals surface area contributed by atoms with Crippen LogP contribution in [0, 0.1) is 11.7 Å². The Bertz CT molecular complexity index is 1090. The topological polar surface area (TPSA) is 62.3 Å². The number of halogens is 2. The van der Waals surface area contributed by atoms with Crippen molar-refractivity contribution >= 4 is 23.6 Å². The minimum atomic E-state index is -0.545. The average Bonchev–Trinajstić information content (AvgIpc) is 3.59. The number of likely N-dealkylation sites (N-methyl/N-ethyl adjacent to an activating group) is 1. The van der Waals surface area contributed by atoms with E-state index in [-0.39, 0.29) is 29.5 Å². The van der Waals surface area contributed by atoms with Crippen molar-refractivity contribution < 1.29 is 23.5 Å². The van der Waals surface area contributed by atoms with E-state index in [0.29, 0.717) is 24.2 Å². The largest absolute Gasteiger partial charge is 0.415 e. The van der Waals surface area contributed by atoms with Gasteiger partial charge in [0, 0.05) is 56.9 Å². The number of ether oxygens (including phenoxy) is 2. The molecule has 3 heterocycles. The van der Waals surface area contributed by atoms with Crippen LogP contribution in [-0.4, -0.2) is 85.2 Å². The monoisotopic (exact) mass is 529 g/mol. The number of likely N-dealkylation sites (tertiary alicyclic amines) is 2. The SMILES string of the molecule is CN(C(=O)Oc1ccc(F)cc1)[C@@H]1CN(C(=O)C2CCN(C3CCOCC3)C2)C[C@H]1c1ccc(Cl)cc1. The Labute approximate surface area is 222 Å².